The van der Waals surface area contributed by atoms with Crippen LogP contribution in [0.15, 0.2) is 30.3 Å². The van der Waals surface area contributed by atoms with Crippen molar-refractivity contribution in [2.75, 3.05) is 62.8 Å². The molecule has 0 bridgehead atoms. The SMILES string of the molecule is COc1ccc(-c2ccc3c(N4CCOC[C@@H]4C)nc(N4CCNCC4)nc3n2)cc1CO. The van der Waals surface area contributed by atoms with Crippen molar-refractivity contribution in [3.05, 3.63) is 35.9 Å². The number of rotatable bonds is 5. The van der Waals surface area contributed by atoms with Gasteiger partial charge in [0.25, 0.3) is 0 Å². The number of aliphatic hydroxyl groups is 1. The van der Waals surface area contributed by atoms with Crippen LogP contribution < -0.4 is 19.9 Å². The predicted molar refractivity (Wildman–Crippen MR) is 128 cm³/mol. The Hall–Kier alpha value is -3.01. The Morgan fingerprint density at radius 1 is 1.12 bits per heavy atom. The fourth-order valence-corrected chi connectivity index (χ4v) is 4.47. The Balaban J connectivity index is 1.62. The molecule has 2 N–H and O–H groups in total. The lowest BCUT2D eigenvalue weighted by molar-refractivity contribution is 0.0987. The summed E-state index contributed by atoms with van der Waals surface area (Å²) in [5.74, 6) is 2.29. The Morgan fingerprint density at radius 2 is 1.97 bits per heavy atom. The monoisotopic (exact) mass is 450 g/mol. The van der Waals surface area contributed by atoms with Gasteiger partial charge in [0.15, 0.2) is 5.65 Å². The van der Waals surface area contributed by atoms with Crippen LogP contribution in [-0.4, -0.2) is 79.1 Å². The van der Waals surface area contributed by atoms with Crippen LogP contribution in [0.2, 0.25) is 0 Å². The number of hydrogen-bond acceptors (Lipinski definition) is 9. The van der Waals surface area contributed by atoms with Gasteiger partial charge in [0.05, 0.1) is 44.1 Å². The van der Waals surface area contributed by atoms with Crippen LogP contribution in [0.3, 0.4) is 0 Å². The van der Waals surface area contributed by atoms with Crippen LogP contribution in [0.4, 0.5) is 11.8 Å². The molecule has 5 rings (SSSR count). The van der Waals surface area contributed by atoms with Crippen molar-refractivity contribution >= 4 is 22.8 Å². The number of aromatic nitrogens is 3. The van der Waals surface area contributed by atoms with Gasteiger partial charge < -0.3 is 29.7 Å². The Morgan fingerprint density at radius 3 is 2.73 bits per heavy atom. The molecule has 1 aromatic carbocycles. The van der Waals surface area contributed by atoms with E-state index in [9.17, 15) is 5.11 Å². The van der Waals surface area contributed by atoms with Gasteiger partial charge in [0, 0.05) is 43.9 Å². The summed E-state index contributed by atoms with van der Waals surface area (Å²) >= 11 is 0. The van der Waals surface area contributed by atoms with Gasteiger partial charge in [0.2, 0.25) is 5.95 Å². The van der Waals surface area contributed by atoms with Crippen molar-refractivity contribution in [1.29, 1.82) is 0 Å². The largest absolute Gasteiger partial charge is 0.496 e. The van der Waals surface area contributed by atoms with E-state index in [2.05, 4.69) is 28.1 Å². The molecule has 0 saturated carbocycles. The van der Waals surface area contributed by atoms with Crippen LogP contribution >= 0.6 is 0 Å². The molecule has 0 spiro atoms. The molecule has 33 heavy (non-hydrogen) atoms. The molecule has 0 aliphatic carbocycles. The maximum atomic E-state index is 9.73. The van der Waals surface area contributed by atoms with Crippen molar-refractivity contribution in [2.45, 2.75) is 19.6 Å². The Bertz CT molecular complexity index is 1130. The lowest BCUT2D eigenvalue weighted by Crippen LogP contribution is -2.46. The molecule has 0 unspecified atom stereocenters. The van der Waals surface area contributed by atoms with E-state index >= 15 is 0 Å². The number of nitrogens with one attached hydrogen (secondary N) is 1. The smallest absolute Gasteiger partial charge is 0.229 e. The molecule has 174 valence electrons. The van der Waals surface area contributed by atoms with E-state index in [0.717, 1.165) is 60.7 Å². The zero-order chi connectivity index (χ0) is 22.8. The molecule has 2 aliphatic rings. The number of morpholine rings is 1. The molecule has 3 aromatic rings. The molecule has 9 nitrogen and oxygen atoms in total. The highest BCUT2D eigenvalue weighted by Crippen LogP contribution is 2.31. The highest BCUT2D eigenvalue weighted by molar-refractivity contribution is 5.90. The third-order valence-electron chi connectivity index (χ3n) is 6.31. The third kappa shape index (κ3) is 4.31. The Kier molecular flexibility index (Phi) is 6.26. The van der Waals surface area contributed by atoms with E-state index < -0.39 is 0 Å². The van der Waals surface area contributed by atoms with E-state index in [-0.39, 0.29) is 12.6 Å². The molecule has 2 aromatic heterocycles. The summed E-state index contributed by atoms with van der Waals surface area (Å²) in [6, 6.07) is 10.00. The number of aliphatic hydroxyl groups excluding tert-OH is 1. The first-order chi connectivity index (χ1) is 16.2. The fraction of sp³-hybridized carbons (Fsp3) is 0.458. The number of piperazine rings is 1. The molecular formula is C24H30N6O3. The second kappa shape index (κ2) is 9.46. The molecule has 2 aliphatic heterocycles. The Labute approximate surface area is 193 Å². The van der Waals surface area contributed by atoms with Crippen LogP contribution in [0.25, 0.3) is 22.3 Å². The average molecular weight is 451 g/mol. The van der Waals surface area contributed by atoms with Crippen LogP contribution in [-0.2, 0) is 11.3 Å². The highest BCUT2D eigenvalue weighted by atomic mass is 16.5. The third-order valence-corrected chi connectivity index (χ3v) is 6.31. The number of fused-ring (bicyclic) bond motifs is 1. The zero-order valence-corrected chi connectivity index (χ0v) is 19.1. The standard InChI is InChI=1S/C24H30N6O3/c1-16-15-33-12-11-30(16)23-19-4-5-20(17-3-6-21(32-2)18(13-17)14-31)26-22(19)27-24(28-23)29-9-7-25-8-10-29/h3-6,13,16,25,31H,7-12,14-15H2,1-2H3/t16-/m0/s1. The number of anilines is 2. The van der Waals surface area contributed by atoms with E-state index in [4.69, 9.17) is 24.4 Å². The average Bonchev–Trinajstić information content (AvgIpc) is 2.88. The second-order valence-electron chi connectivity index (χ2n) is 8.45. The summed E-state index contributed by atoms with van der Waals surface area (Å²) in [5, 5.41) is 14.1. The summed E-state index contributed by atoms with van der Waals surface area (Å²) in [6.07, 6.45) is 0. The number of hydrogen-bond donors (Lipinski definition) is 2. The van der Waals surface area contributed by atoms with Crippen molar-refractivity contribution in [3.8, 4) is 17.0 Å². The molecule has 9 heteroatoms. The summed E-state index contributed by atoms with van der Waals surface area (Å²) in [5.41, 5.74) is 3.10. The first kappa shape index (κ1) is 21.8. The lowest BCUT2D eigenvalue weighted by Gasteiger charge is -2.35. The normalized spacial score (nSPS) is 19.2. The summed E-state index contributed by atoms with van der Waals surface area (Å²) < 4.78 is 11.0. The van der Waals surface area contributed by atoms with Gasteiger partial charge in [-0.2, -0.15) is 9.97 Å². The van der Waals surface area contributed by atoms with Gasteiger partial charge in [-0.3, -0.25) is 0 Å². The maximum absolute atomic E-state index is 9.73. The minimum atomic E-state index is -0.0982. The minimum absolute atomic E-state index is 0.0982. The molecule has 1 atom stereocenters. The van der Waals surface area contributed by atoms with Crippen molar-refractivity contribution in [2.24, 2.45) is 0 Å². The number of nitrogens with zero attached hydrogens (tertiary/aromatic N) is 5. The van der Waals surface area contributed by atoms with Gasteiger partial charge in [-0.1, -0.05) is 0 Å². The summed E-state index contributed by atoms with van der Waals surface area (Å²) in [4.78, 5) is 19.4. The molecule has 0 radical (unpaired) electrons. The number of pyridine rings is 1. The lowest BCUT2D eigenvalue weighted by atomic mass is 10.1. The molecule has 2 fully saturated rings. The van der Waals surface area contributed by atoms with Crippen LogP contribution in [0, 0.1) is 0 Å². The predicted octanol–water partition coefficient (Wildman–Crippen LogP) is 1.83. The van der Waals surface area contributed by atoms with Crippen molar-refractivity contribution < 1.29 is 14.6 Å². The maximum Gasteiger partial charge on any atom is 0.229 e. The quantitative estimate of drug-likeness (QED) is 0.603. The topological polar surface area (TPSA) is 95.9 Å². The molecule has 0 amide bonds. The number of ether oxygens (including phenoxy) is 2. The highest BCUT2D eigenvalue weighted by Gasteiger charge is 2.25. The summed E-state index contributed by atoms with van der Waals surface area (Å²) in [7, 11) is 1.60. The fourth-order valence-electron chi connectivity index (χ4n) is 4.47. The molecule has 4 heterocycles. The number of methoxy groups -OCH3 is 1. The van der Waals surface area contributed by atoms with Crippen LogP contribution in [0.1, 0.15) is 12.5 Å². The first-order valence-corrected chi connectivity index (χ1v) is 11.4. The molecular weight excluding hydrogens is 420 g/mol. The van der Waals surface area contributed by atoms with E-state index in [1.165, 1.54) is 0 Å². The van der Waals surface area contributed by atoms with Crippen molar-refractivity contribution in [3.63, 3.8) is 0 Å². The van der Waals surface area contributed by atoms with E-state index in [1.54, 1.807) is 7.11 Å². The van der Waals surface area contributed by atoms with Gasteiger partial charge in [-0.15, -0.1) is 0 Å². The van der Waals surface area contributed by atoms with Crippen molar-refractivity contribution in [1.82, 2.24) is 20.3 Å². The van der Waals surface area contributed by atoms with Gasteiger partial charge in [-0.25, -0.2) is 4.98 Å². The van der Waals surface area contributed by atoms with Crippen LogP contribution in [0.5, 0.6) is 5.75 Å². The molecule has 2 saturated heterocycles. The minimum Gasteiger partial charge on any atom is -0.496 e. The van der Waals surface area contributed by atoms with E-state index in [1.807, 2.05) is 24.3 Å². The number of benzene rings is 1. The van der Waals surface area contributed by atoms with E-state index in [0.29, 0.717) is 30.6 Å². The first-order valence-electron chi connectivity index (χ1n) is 11.4. The van der Waals surface area contributed by atoms with Gasteiger partial charge in [-0.05, 0) is 37.3 Å². The van der Waals surface area contributed by atoms with Gasteiger partial charge in [0.1, 0.15) is 11.6 Å². The van der Waals surface area contributed by atoms with Gasteiger partial charge >= 0.3 is 0 Å². The second-order valence-corrected chi connectivity index (χ2v) is 8.45. The summed E-state index contributed by atoms with van der Waals surface area (Å²) in [6.45, 7) is 7.75. The zero-order valence-electron chi connectivity index (χ0n) is 19.1.